The molecule has 0 aliphatic heterocycles. The largest absolute Gasteiger partial charge is 0.466 e. The molecule has 0 saturated heterocycles. The zero-order valence-electron chi connectivity index (χ0n) is 19.2. The number of alkyl halides is 3. The summed E-state index contributed by atoms with van der Waals surface area (Å²) in [6.07, 6.45) is -6.22. The molecule has 3 aromatic carbocycles. The Bertz CT molecular complexity index is 1620. The van der Waals surface area contributed by atoms with Crippen molar-refractivity contribution in [3.05, 3.63) is 87.9 Å². The highest BCUT2D eigenvalue weighted by atomic mass is 35.5. The van der Waals surface area contributed by atoms with Gasteiger partial charge in [-0.05, 0) is 36.4 Å². The SMILES string of the molecule is COC(=O)C(Oc1nc2ccccc2nc1NS(=O)(=O)c1cccc(Cl)c1Cl)c1ccc(C(F)(F)F)cc1. The van der Waals surface area contributed by atoms with E-state index in [0.717, 1.165) is 31.4 Å². The highest BCUT2D eigenvalue weighted by molar-refractivity contribution is 7.92. The summed E-state index contributed by atoms with van der Waals surface area (Å²) >= 11 is 12.0. The maximum absolute atomic E-state index is 13.2. The Labute approximate surface area is 224 Å². The van der Waals surface area contributed by atoms with Gasteiger partial charge in [0.15, 0.2) is 0 Å². The number of carbonyl (C=O) groups excluding carboxylic acids is 1. The molecule has 1 unspecified atom stereocenters. The lowest BCUT2D eigenvalue weighted by Crippen LogP contribution is -2.23. The standard InChI is InChI=1S/C24H16Cl2F3N3O5S/c1-36-23(33)20(13-9-11-14(12-10-13)24(27,28)29)37-22-21(30-16-6-2-3-7-17(16)31-22)32-38(34,35)18-8-4-5-15(25)19(18)26/h2-12,20H,1H3,(H,30,32). The van der Waals surface area contributed by atoms with Crippen molar-refractivity contribution in [2.75, 3.05) is 11.8 Å². The number of nitrogens with one attached hydrogen (secondary N) is 1. The lowest BCUT2D eigenvalue weighted by molar-refractivity contribution is -0.149. The molecule has 4 rings (SSSR count). The number of anilines is 1. The number of methoxy groups -OCH3 is 1. The highest BCUT2D eigenvalue weighted by Crippen LogP contribution is 2.35. The Morgan fingerprint density at radius 1 is 0.947 bits per heavy atom. The number of halogens is 5. The van der Waals surface area contributed by atoms with E-state index in [0.29, 0.717) is 0 Å². The Morgan fingerprint density at radius 3 is 2.18 bits per heavy atom. The van der Waals surface area contributed by atoms with Crippen LogP contribution in [-0.4, -0.2) is 31.5 Å². The van der Waals surface area contributed by atoms with E-state index < -0.39 is 45.5 Å². The van der Waals surface area contributed by atoms with Crippen molar-refractivity contribution in [2.45, 2.75) is 17.2 Å². The number of ether oxygens (including phenoxy) is 2. The van der Waals surface area contributed by atoms with Crippen molar-refractivity contribution in [3.63, 3.8) is 0 Å². The maximum atomic E-state index is 13.2. The van der Waals surface area contributed by atoms with Crippen LogP contribution in [0.1, 0.15) is 17.2 Å². The average molecular weight is 586 g/mol. The molecule has 0 bridgehead atoms. The van der Waals surface area contributed by atoms with Crippen LogP contribution in [0.4, 0.5) is 19.0 Å². The first kappa shape index (κ1) is 27.4. The number of sulfonamides is 1. The van der Waals surface area contributed by atoms with E-state index in [1.54, 1.807) is 24.3 Å². The van der Waals surface area contributed by atoms with Crippen molar-refractivity contribution in [1.82, 2.24) is 9.97 Å². The molecule has 0 aliphatic rings. The van der Waals surface area contributed by atoms with E-state index in [9.17, 15) is 26.4 Å². The van der Waals surface area contributed by atoms with Crippen LogP contribution in [0, 0.1) is 0 Å². The first-order valence-corrected chi connectivity index (χ1v) is 12.8. The number of carbonyl (C=O) groups is 1. The quantitative estimate of drug-likeness (QED) is 0.263. The number of hydrogen-bond acceptors (Lipinski definition) is 7. The van der Waals surface area contributed by atoms with Crippen LogP contribution in [0.15, 0.2) is 71.6 Å². The highest BCUT2D eigenvalue weighted by Gasteiger charge is 2.32. The van der Waals surface area contributed by atoms with Crippen molar-refractivity contribution in [1.29, 1.82) is 0 Å². The van der Waals surface area contributed by atoms with Crippen LogP contribution in [0.25, 0.3) is 11.0 Å². The van der Waals surface area contributed by atoms with Crippen LogP contribution in [0.5, 0.6) is 5.88 Å². The fourth-order valence-corrected chi connectivity index (χ4v) is 5.09. The Balaban J connectivity index is 1.80. The normalized spacial score (nSPS) is 12.7. The minimum absolute atomic E-state index is 0.00787. The number of hydrogen-bond donors (Lipinski definition) is 1. The molecule has 1 N–H and O–H groups in total. The second-order valence-corrected chi connectivity index (χ2v) is 10.1. The molecular weight excluding hydrogens is 570 g/mol. The zero-order valence-corrected chi connectivity index (χ0v) is 21.5. The third-order valence-electron chi connectivity index (χ3n) is 5.16. The van der Waals surface area contributed by atoms with Crippen molar-refractivity contribution >= 4 is 56.0 Å². The van der Waals surface area contributed by atoms with E-state index in [2.05, 4.69) is 14.7 Å². The van der Waals surface area contributed by atoms with Gasteiger partial charge in [-0.25, -0.2) is 23.2 Å². The molecule has 198 valence electrons. The number of aromatic nitrogens is 2. The number of nitrogens with zero attached hydrogens (tertiary/aromatic N) is 2. The summed E-state index contributed by atoms with van der Waals surface area (Å²) in [6, 6.07) is 14.0. The van der Waals surface area contributed by atoms with Crippen molar-refractivity contribution in [2.24, 2.45) is 0 Å². The van der Waals surface area contributed by atoms with Crippen LogP contribution in [0.3, 0.4) is 0 Å². The predicted octanol–water partition coefficient (Wildman–Crippen LogP) is 6.05. The number of fused-ring (bicyclic) bond motifs is 1. The first-order valence-electron chi connectivity index (χ1n) is 10.6. The predicted molar refractivity (Wildman–Crippen MR) is 134 cm³/mol. The van der Waals surface area contributed by atoms with Crippen LogP contribution in [0.2, 0.25) is 10.0 Å². The van der Waals surface area contributed by atoms with Crippen LogP contribution in [-0.2, 0) is 25.7 Å². The molecule has 0 radical (unpaired) electrons. The minimum Gasteiger partial charge on any atom is -0.466 e. The van der Waals surface area contributed by atoms with Gasteiger partial charge in [-0.2, -0.15) is 13.2 Å². The van der Waals surface area contributed by atoms with Gasteiger partial charge in [-0.15, -0.1) is 0 Å². The second-order valence-electron chi connectivity index (χ2n) is 7.66. The number of benzene rings is 3. The van der Waals surface area contributed by atoms with E-state index in [4.69, 9.17) is 32.7 Å². The number of rotatable bonds is 7. The molecule has 0 fully saturated rings. The topological polar surface area (TPSA) is 107 Å². The van der Waals surface area contributed by atoms with Crippen molar-refractivity contribution < 1.29 is 35.9 Å². The fraction of sp³-hybridized carbons (Fsp3) is 0.125. The summed E-state index contributed by atoms with van der Waals surface area (Å²) in [5, 5.41) is -0.251. The van der Waals surface area contributed by atoms with Gasteiger partial charge in [0, 0.05) is 5.56 Å². The van der Waals surface area contributed by atoms with E-state index in [1.165, 1.54) is 18.2 Å². The van der Waals surface area contributed by atoms with Gasteiger partial charge in [0.25, 0.3) is 15.9 Å². The Hall–Kier alpha value is -3.61. The maximum Gasteiger partial charge on any atom is 0.416 e. The molecule has 1 aromatic heterocycles. The molecule has 1 atom stereocenters. The van der Waals surface area contributed by atoms with E-state index >= 15 is 0 Å². The molecule has 0 saturated carbocycles. The molecule has 0 aliphatic carbocycles. The van der Waals surface area contributed by atoms with Crippen molar-refractivity contribution in [3.8, 4) is 5.88 Å². The third kappa shape index (κ3) is 5.77. The van der Waals surface area contributed by atoms with Gasteiger partial charge < -0.3 is 9.47 Å². The van der Waals surface area contributed by atoms with E-state index in [-0.39, 0.29) is 31.5 Å². The van der Waals surface area contributed by atoms with Gasteiger partial charge in [0.1, 0.15) is 4.90 Å². The van der Waals surface area contributed by atoms with E-state index in [1.807, 2.05) is 0 Å². The number of para-hydroxylation sites is 2. The van der Waals surface area contributed by atoms with Gasteiger partial charge in [-0.3, -0.25) is 4.72 Å². The lowest BCUT2D eigenvalue weighted by Gasteiger charge is -2.19. The summed E-state index contributed by atoms with van der Waals surface area (Å²) in [5.74, 6) is -1.84. The second kappa shape index (κ2) is 10.6. The molecule has 0 amide bonds. The summed E-state index contributed by atoms with van der Waals surface area (Å²) in [5.41, 5.74) is -0.394. The Morgan fingerprint density at radius 2 is 1.58 bits per heavy atom. The zero-order chi connectivity index (χ0) is 27.7. The monoisotopic (exact) mass is 585 g/mol. The number of esters is 1. The van der Waals surface area contributed by atoms with Crippen LogP contribution < -0.4 is 9.46 Å². The summed E-state index contributed by atoms with van der Waals surface area (Å²) in [6.45, 7) is 0. The van der Waals surface area contributed by atoms with Gasteiger partial charge in [0.2, 0.25) is 11.9 Å². The van der Waals surface area contributed by atoms with Gasteiger partial charge >= 0.3 is 12.1 Å². The molecule has 1 heterocycles. The molecule has 38 heavy (non-hydrogen) atoms. The fourth-order valence-electron chi connectivity index (χ4n) is 3.32. The minimum atomic E-state index is -4.60. The summed E-state index contributed by atoms with van der Waals surface area (Å²) in [7, 11) is -3.34. The smallest absolute Gasteiger partial charge is 0.416 e. The lowest BCUT2D eigenvalue weighted by atomic mass is 10.1. The molecule has 0 spiro atoms. The van der Waals surface area contributed by atoms with Gasteiger partial charge in [0.05, 0.1) is 33.8 Å². The Kier molecular flexibility index (Phi) is 7.68. The average Bonchev–Trinajstić information content (AvgIpc) is 2.87. The summed E-state index contributed by atoms with van der Waals surface area (Å²) in [4.78, 5) is 20.7. The summed E-state index contributed by atoms with van der Waals surface area (Å²) < 4.78 is 78.1. The first-order chi connectivity index (χ1) is 17.9. The van der Waals surface area contributed by atoms with Gasteiger partial charge in [-0.1, -0.05) is 53.5 Å². The molecule has 8 nitrogen and oxygen atoms in total. The molecule has 4 aromatic rings. The third-order valence-corrected chi connectivity index (χ3v) is 7.47. The molecule has 14 heteroatoms. The van der Waals surface area contributed by atoms with Crippen LogP contribution >= 0.6 is 23.2 Å². The molecular formula is C24H16Cl2F3N3O5S.